The summed E-state index contributed by atoms with van der Waals surface area (Å²) in [6, 6.07) is 0. The third kappa shape index (κ3) is 7.67. The van der Waals surface area contributed by atoms with Gasteiger partial charge in [0.15, 0.2) is 6.29 Å². The molecule has 0 bridgehead atoms. The lowest BCUT2D eigenvalue weighted by Crippen LogP contribution is -2.75. The van der Waals surface area contributed by atoms with Crippen molar-refractivity contribution in [1.29, 1.82) is 0 Å². The maximum atomic E-state index is 11.2. The highest BCUT2D eigenvalue weighted by molar-refractivity contribution is 5.08. The first kappa shape index (κ1) is 38.8. The van der Waals surface area contributed by atoms with Gasteiger partial charge in [-0.15, -0.1) is 0 Å². The largest absolute Gasteiger partial charge is 0.396 e. The van der Waals surface area contributed by atoms with E-state index in [0.717, 1.165) is 0 Å². The van der Waals surface area contributed by atoms with Crippen LogP contribution in [0.5, 0.6) is 0 Å². The SMILES string of the molecule is COCC1O[C@H](O[C@@H]2C(OC)[C@@](OC)([C@H]3OC(COC)[C@@H](CO)[C@H](CO)C3OC)OC(COC)[C@H]2CO)C(OC)[C@@H](O)[C@@H]1CO. The first-order chi connectivity index (χ1) is 21.7. The molecule has 15 atom stereocenters. The quantitative estimate of drug-likeness (QED) is 0.109. The van der Waals surface area contributed by atoms with Crippen molar-refractivity contribution in [1.82, 2.24) is 0 Å². The van der Waals surface area contributed by atoms with Crippen molar-refractivity contribution >= 4 is 0 Å². The van der Waals surface area contributed by atoms with Gasteiger partial charge in [-0.2, -0.15) is 0 Å². The molecule has 3 fully saturated rings. The number of aliphatic hydroxyl groups is 5. The summed E-state index contributed by atoms with van der Waals surface area (Å²) in [4.78, 5) is 0. The van der Waals surface area contributed by atoms with Crippen LogP contribution in [0, 0.1) is 23.7 Å². The predicted octanol–water partition coefficient (Wildman–Crippen LogP) is -2.62. The van der Waals surface area contributed by atoms with Gasteiger partial charge in [-0.3, -0.25) is 0 Å². The summed E-state index contributed by atoms with van der Waals surface area (Å²) in [5.41, 5.74) is 0. The minimum atomic E-state index is -1.80. The fraction of sp³-hybridized carbons (Fsp3) is 1.00. The van der Waals surface area contributed by atoms with Gasteiger partial charge >= 0.3 is 0 Å². The average Bonchev–Trinajstić information content (AvgIpc) is 3.04. The topological polar surface area (TPSA) is 203 Å². The van der Waals surface area contributed by atoms with Crippen molar-refractivity contribution < 1.29 is 77.6 Å². The lowest BCUT2D eigenvalue weighted by Gasteiger charge is -2.58. The van der Waals surface area contributed by atoms with Crippen LogP contribution in [0.15, 0.2) is 0 Å². The molecule has 0 saturated carbocycles. The minimum absolute atomic E-state index is 0.00192. The Hall–Kier alpha value is -0.640. The lowest BCUT2D eigenvalue weighted by atomic mass is 9.74. The maximum Gasteiger partial charge on any atom is 0.227 e. The standard InChI is InChI=1S/C29H54O16/c1-35-12-19-15(8-30)16(9-31)23(38-4)27(42-19)29(41-7)26(40-6)24(18(11-33)21(45-29)14-37-3)44-28-25(39-5)22(34)17(10-32)20(43-28)13-36-2/h15-28,30-34H,8-14H2,1-7H3/t15-,16-,17+,18+,19?,20?,21?,22-,23?,24-,25?,26?,27-,28+,29-/m0/s1. The van der Waals surface area contributed by atoms with Gasteiger partial charge in [-0.05, 0) is 0 Å². The number of hydrogen-bond donors (Lipinski definition) is 5. The Kier molecular flexibility index (Phi) is 15.7. The van der Waals surface area contributed by atoms with Crippen molar-refractivity contribution in [2.24, 2.45) is 23.7 Å². The number of aliphatic hydroxyl groups excluding tert-OH is 5. The number of rotatable bonds is 17. The maximum absolute atomic E-state index is 11.2. The number of methoxy groups -OCH3 is 7. The summed E-state index contributed by atoms with van der Waals surface area (Å²) in [6.07, 6.45) is -9.89. The highest BCUT2D eigenvalue weighted by atomic mass is 16.8. The predicted molar refractivity (Wildman–Crippen MR) is 153 cm³/mol. The van der Waals surface area contributed by atoms with E-state index >= 15 is 0 Å². The van der Waals surface area contributed by atoms with Crippen molar-refractivity contribution in [3.63, 3.8) is 0 Å². The van der Waals surface area contributed by atoms with E-state index in [1.165, 1.54) is 49.8 Å². The second-order valence-corrected chi connectivity index (χ2v) is 11.6. The molecule has 0 aromatic rings. The molecule has 45 heavy (non-hydrogen) atoms. The van der Waals surface area contributed by atoms with Gasteiger partial charge in [0.1, 0.15) is 18.3 Å². The summed E-state index contributed by atoms with van der Waals surface area (Å²) < 4.78 is 65.9. The molecular weight excluding hydrogens is 604 g/mol. The normalized spacial score (nSPS) is 44.3. The van der Waals surface area contributed by atoms with Gasteiger partial charge in [0.25, 0.3) is 0 Å². The highest BCUT2D eigenvalue weighted by Crippen LogP contribution is 2.47. The Labute approximate surface area is 264 Å². The van der Waals surface area contributed by atoms with E-state index in [1.807, 2.05) is 0 Å². The summed E-state index contributed by atoms with van der Waals surface area (Å²) in [6.45, 7) is -1.32. The Morgan fingerprint density at radius 1 is 0.578 bits per heavy atom. The van der Waals surface area contributed by atoms with Gasteiger partial charge < -0.3 is 77.6 Å². The van der Waals surface area contributed by atoms with Gasteiger partial charge in [0.2, 0.25) is 5.79 Å². The Morgan fingerprint density at radius 3 is 1.58 bits per heavy atom. The molecule has 3 saturated heterocycles. The molecule has 16 nitrogen and oxygen atoms in total. The van der Waals surface area contributed by atoms with Gasteiger partial charge in [0, 0.05) is 86.7 Å². The van der Waals surface area contributed by atoms with E-state index in [9.17, 15) is 25.5 Å². The van der Waals surface area contributed by atoms with Crippen LogP contribution in [0.4, 0.5) is 0 Å². The third-order valence-corrected chi connectivity index (χ3v) is 9.47. The van der Waals surface area contributed by atoms with Crippen LogP contribution in [0.25, 0.3) is 0 Å². The average molecular weight is 659 g/mol. The number of ether oxygens (including phenoxy) is 11. The molecule has 3 aliphatic rings. The molecule has 0 aliphatic carbocycles. The van der Waals surface area contributed by atoms with Crippen molar-refractivity contribution in [2.45, 2.75) is 67.0 Å². The monoisotopic (exact) mass is 658 g/mol. The lowest BCUT2D eigenvalue weighted by molar-refractivity contribution is -0.426. The molecule has 266 valence electrons. The first-order valence-corrected chi connectivity index (χ1v) is 15.1. The van der Waals surface area contributed by atoms with E-state index in [-0.39, 0.29) is 39.6 Å². The van der Waals surface area contributed by atoms with Crippen molar-refractivity contribution in [2.75, 3.05) is 96.0 Å². The summed E-state index contributed by atoms with van der Waals surface area (Å²) in [5, 5.41) is 52.6. The Balaban J connectivity index is 2.13. The molecule has 3 aliphatic heterocycles. The van der Waals surface area contributed by atoms with E-state index < -0.39 is 97.3 Å². The number of hydrogen-bond acceptors (Lipinski definition) is 16. The summed E-state index contributed by atoms with van der Waals surface area (Å²) in [7, 11) is 10.1. The highest BCUT2D eigenvalue weighted by Gasteiger charge is 2.66. The molecule has 0 aromatic heterocycles. The fourth-order valence-corrected chi connectivity index (χ4v) is 7.17. The molecular formula is C29H54O16. The zero-order valence-electron chi connectivity index (χ0n) is 27.3. The Morgan fingerprint density at radius 2 is 1.11 bits per heavy atom. The van der Waals surface area contributed by atoms with Gasteiger partial charge in [-0.25, -0.2) is 0 Å². The summed E-state index contributed by atoms with van der Waals surface area (Å²) in [5.74, 6) is -4.46. The zero-order chi connectivity index (χ0) is 33.3. The van der Waals surface area contributed by atoms with Crippen LogP contribution in [0.3, 0.4) is 0 Å². The van der Waals surface area contributed by atoms with Crippen LogP contribution >= 0.6 is 0 Å². The second kappa shape index (κ2) is 18.2. The Bertz CT molecular complexity index is 838. The van der Waals surface area contributed by atoms with E-state index in [0.29, 0.717) is 0 Å². The first-order valence-electron chi connectivity index (χ1n) is 15.1. The fourth-order valence-electron chi connectivity index (χ4n) is 7.17. The second-order valence-electron chi connectivity index (χ2n) is 11.6. The van der Waals surface area contributed by atoms with Crippen LogP contribution in [0.2, 0.25) is 0 Å². The smallest absolute Gasteiger partial charge is 0.227 e. The van der Waals surface area contributed by atoms with E-state index in [4.69, 9.17) is 52.1 Å². The van der Waals surface area contributed by atoms with Crippen LogP contribution in [-0.2, 0) is 52.1 Å². The molecule has 16 heteroatoms. The van der Waals surface area contributed by atoms with Crippen LogP contribution < -0.4 is 0 Å². The zero-order valence-corrected chi connectivity index (χ0v) is 27.3. The third-order valence-electron chi connectivity index (χ3n) is 9.47. The molecule has 0 spiro atoms. The molecule has 3 rings (SSSR count). The van der Waals surface area contributed by atoms with Gasteiger partial charge in [0.05, 0.1) is 69.7 Å². The van der Waals surface area contributed by atoms with Crippen molar-refractivity contribution in [3.8, 4) is 0 Å². The van der Waals surface area contributed by atoms with Gasteiger partial charge in [-0.1, -0.05) is 0 Å². The molecule has 3 heterocycles. The molecule has 0 amide bonds. The van der Waals surface area contributed by atoms with Crippen molar-refractivity contribution in [3.05, 3.63) is 0 Å². The minimum Gasteiger partial charge on any atom is -0.396 e. The summed E-state index contributed by atoms with van der Waals surface area (Å²) >= 11 is 0. The van der Waals surface area contributed by atoms with Crippen LogP contribution in [-0.4, -0.2) is 189 Å². The van der Waals surface area contributed by atoms with Crippen LogP contribution in [0.1, 0.15) is 0 Å². The van der Waals surface area contributed by atoms with E-state index in [1.54, 1.807) is 0 Å². The molecule has 0 radical (unpaired) electrons. The molecule has 6 unspecified atom stereocenters. The molecule has 5 N–H and O–H groups in total. The van der Waals surface area contributed by atoms with E-state index in [2.05, 4.69) is 0 Å². The molecule has 0 aromatic carbocycles.